The Labute approximate surface area is 154 Å². The van der Waals surface area contributed by atoms with Gasteiger partial charge in [0.25, 0.3) is 0 Å². The quantitative estimate of drug-likeness (QED) is 0.852. The maximum atomic E-state index is 11.9. The second-order valence-electron chi connectivity index (χ2n) is 7.74. The summed E-state index contributed by atoms with van der Waals surface area (Å²) in [5.74, 6) is 0.551. The van der Waals surface area contributed by atoms with E-state index in [1.165, 1.54) is 38.5 Å². The number of carbonyl (C=O) groups excluding carboxylic acids is 1. The largest absolute Gasteiger partial charge is 0.469 e. The fraction of sp³-hybridized carbons (Fsp3) is 0.600. The second-order valence-corrected chi connectivity index (χ2v) is 7.74. The molecule has 1 aliphatic carbocycles. The molecule has 140 valence electrons. The molecule has 0 spiro atoms. The summed E-state index contributed by atoms with van der Waals surface area (Å²) in [6, 6.07) is 7.20. The fourth-order valence-electron chi connectivity index (χ4n) is 4.76. The minimum atomic E-state index is -0.0842. The molecule has 2 heterocycles. The number of hydrogen-bond donors (Lipinski definition) is 1. The van der Waals surface area contributed by atoms with Gasteiger partial charge in [0.15, 0.2) is 0 Å². The predicted molar refractivity (Wildman–Crippen MR) is 103 cm³/mol. The lowest BCUT2D eigenvalue weighted by atomic mass is 9.91. The summed E-state index contributed by atoms with van der Waals surface area (Å²) in [6.45, 7) is 3.04. The fourth-order valence-corrected chi connectivity index (χ4v) is 4.76. The van der Waals surface area contributed by atoms with Gasteiger partial charge in [-0.05, 0) is 50.8 Å². The van der Waals surface area contributed by atoms with Crippen molar-refractivity contribution >= 4 is 28.6 Å². The van der Waals surface area contributed by atoms with Gasteiger partial charge in [0.05, 0.1) is 24.1 Å². The van der Waals surface area contributed by atoms with E-state index in [1.807, 2.05) is 0 Å². The van der Waals surface area contributed by atoms with Crippen LogP contribution in [-0.2, 0) is 9.53 Å². The van der Waals surface area contributed by atoms with E-state index < -0.39 is 0 Å². The number of rotatable bonds is 3. The summed E-state index contributed by atoms with van der Waals surface area (Å²) in [4.78, 5) is 18.8. The lowest BCUT2D eigenvalue weighted by Crippen LogP contribution is -2.43. The average molecular weight is 356 g/mol. The zero-order chi connectivity index (χ0) is 18.3. The summed E-state index contributed by atoms with van der Waals surface area (Å²) < 4.78 is 7.16. The van der Waals surface area contributed by atoms with Crippen molar-refractivity contribution < 1.29 is 9.53 Å². The van der Waals surface area contributed by atoms with E-state index in [0.717, 1.165) is 30.4 Å². The van der Waals surface area contributed by atoms with Crippen LogP contribution in [0.5, 0.6) is 0 Å². The third-order valence-corrected chi connectivity index (χ3v) is 6.13. The number of methoxy groups -OCH3 is 1. The molecule has 0 bridgehead atoms. The third-order valence-electron chi connectivity index (χ3n) is 6.13. The molecule has 0 radical (unpaired) electrons. The maximum Gasteiger partial charge on any atom is 0.308 e. The summed E-state index contributed by atoms with van der Waals surface area (Å²) in [7, 11) is 1.47. The van der Waals surface area contributed by atoms with E-state index in [0.29, 0.717) is 18.0 Å². The molecule has 1 saturated heterocycles. The molecule has 1 aliphatic heterocycles. The zero-order valence-corrected chi connectivity index (χ0v) is 15.6. The number of fused-ring (bicyclic) bond motifs is 1. The number of benzene rings is 1. The summed E-state index contributed by atoms with van der Waals surface area (Å²) in [5, 5.41) is 0. The van der Waals surface area contributed by atoms with Crippen LogP contribution in [0, 0.1) is 5.92 Å². The van der Waals surface area contributed by atoms with Gasteiger partial charge in [0, 0.05) is 24.3 Å². The number of aromatic nitrogens is 2. The minimum absolute atomic E-state index is 0.00893. The first kappa shape index (κ1) is 17.2. The molecule has 2 N–H and O–H groups in total. The molecule has 4 rings (SSSR count). The molecular weight excluding hydrogens is 328 g/mol. The number of piperidine rings is 1. The normalized spacial score (nSPS) is 24.3. The molecule has 1 aromatic carbocycles. The highest BCUT2D eigenvalue weighted by Gasteiger charge is 2.31. The van der Waals surface area contributed by atoms with E-state index in [2.05, 4.69) is 39.6 Å². The molecule has 1 saturated carbocycles. The van der Waals surface area contributed by atoms with Crippen molar-refractivity contribution in [2.24, 2.45) is 5.92 Å². The highest BCUT2D eigenvalue weighted by atomic mass is 16.5. The second kappa shape index (κ2) is 6.82. The Balaban J connectivity index is 1.63. The van der Waals surface area contributed by atoms with Crippen molar-refractivity contribution in [3.63, 3.8) is 0 Å². The third kappa shape index (κ3) is 2.91. The Morgan fingerprint density at radius 1 is 1.27 bits per heavy atom. The lowest BCUT2D eigenvalue weighted by Gasteiger charge is -2.38. The van der Waals surface area contributed by atoms with Crippen molar-refractivity contribution in [2.75, 3.05) is 24.3 Å². The van der Waals surface area contributed by atoms with Crippen LogP contribution in [0.2, 0.25) is 0 Å². The van der Waals surface area contributed by atoms with E-state index in [-0.39, 0.29) is 11.9 Å². The molecule has 26 heavy (non-hydrogen) atoms. The van der Waals surface area contributed by atoms with Gasteiger partial charge in [-0.1, -0.05) is 12.8 Å². The number of nitrogens with two attached hydrogens (primary N) is 1. The first-order valence-corrected chi connectivity index (χ1v) is 9.70. The van der Waals surface area contributed by atoms with Crippen LogP contribution in [0.4, 0.5) is 11.6 Å². The molecule has 1 aromatic heterocycles. The number of esters is 1. The van der Waals surface area contributed by atoms with Crippen molar-refractivity contribution in [2.45, 2.75) is 57.5 Å². The van der Waals surface area contributed by atoms with Gasteiger partial charge in [-0.15, -0.1) is 0 Å². The van der Waals surface area contributed by atoms with Crippen LogP contribution < -0.4 is 10.6 Å². The van der Waals surface area contributed by atoms with Gasteiger partial charge in [-0.2, -0.15) is 0 Å². The van der Waals surface area contributed by atoms with Gasteiger partial charge in [-0.25, -0.2) is 4.98 Å². The van der Waals surface area contributed by atoms with Crippen LogP contribution >= 0.6 is 0 Å². The van der Waals surface area contributed by atoms with Crippen LogP contribution in [0.25, 0.3) is 11.0 Å². The highest BCUT2D eigenvalue weighted by molar-refractivity contribution is 5.83. The Morgan fingerprint density at radius 2 is 2.04 bits per heavy atom. The molecule has 1 unspecified atom stereocenters. The van der Waals surface area contributed by atoms with Crippen LogP contribution in [-0.4, -0.2) is 35.2 Å². The Hall–Kier alpha value is -2.24. The standard InChI is InChI=1S/C20H28N4O2/c1-13-11-14(19(25)26-2)9-10-23(13)16-7-8-17-18(12-16)24(20(21)22-17)15-5-3-4-6-15/h7-8,12-15H,3-6,9-11H2,1-2H3,(H2,21,22)/t13-,14?/m1/s1. The molecule has 2 aliphatic rings. The molecule has 6 nitrogen and oxygen atoms in total. The predicted octanol–water partition coefficient (Wildman–Crippen LogP) is 3.51. The van der Waals surface area contributed by atoms with Crippen LogP contribution in [0.15, 0.2) is 18.2 Å². The molecule has 0 amide bonds. The number of imidazole rings is 1. The SMILES string of the molecule is COC(=O)C1CCN(c2ccc3nc(N)n(C4CCCC4)c3c2)[C@H](C)C1. The number of carbonyl (C=O) groups is 1. The van der Waals surface area contributed by atoms with Crippen molar-refractivity contribution in [1.29, 1.82) is 0 Å². The maximum absolute atomic E-state index is 11.9. The van der Waals surface area contributed by atoms with Gasteiger partial charge < -0.3 is 19.9 Å². The average Bonchev–Trinajstić information content (AvgIpc) is 3.26. The molecular formula is C20H28N4O2. The molecule has 2 fully saturated rings. The molecule has 2 atom stereocenters. The van der Waals surface area contributed by atoms with Crippen LogP contribution in [0.3, 0.4) is 0 Å². The van der Waals surface area contributed by atoms with Crippen molar-refractivity contribution in [3.8, 4) is 0 Å². The monoisotopic (exact) mass is 356 g/mol. The summed E-state index contributed by atoms with van der Waals surface area (Å²) in [5.41, 5.74) is 9.53. The molecule has 6 heteroatoms. The molecule has 2 aromatic rings. The van der Waals surface area contributed by atoms with Gasteiger partial charge in [0.1, 0.15) is 0 Å². The van der Waals surface area contributed by atoms with Gasteiger partial charge in [-0.3, -0.25) is 4.79 Å². The number of hydrogen-bond acceptors (Lipinski definition) is 5. The zero-order valence-electron chi connectivity index (χ0n) is 15.6. The number of nitrogens with zero attached hydrogens (tertiary/aromatic N) is 3. The van der Waals surface area contributed by atoms with E-state index >= 15 is 0 Å². The van der Waals surface area contributed by atoms with Crippen LogP contribution in [0.1, 0.15) is 51.5 Å². The Morgan fingerprint density at radius 3 is 2.73 bits per heavy atom. The topological polar surface area (TPSA) is 73.4 Å². The highest BCUT2D eigenvalue weighted by Crippen LogP contribution is 2.36. The van der Waals surface area contributed by atoms with Gasteiger partial charge in [0.2, 0.25) is 5.95 Å². The van der Waals surface area contributed by atoms with Crippen molar-refractivity contribution in [1.82, 2.24) is 9.55 Å². The Bertz CT molecular complexity index is 809. The lowest BCUT2D eigenvalue weighted by molar-refractivity contribution is -0.146. The van der Waals surface area contributed by atoms with E-state index in [9.17, 15) is 4.79 Å². The van der Waals surface area contributed by atoms with E-state index in [4.69, 9.17) is 10.5 Å². The van der Waals surface area contributed by atoms with Gasteiger partial charge >= 0.3 is 5.97 Å². The van der Waals surface area contributed by atoms with Crippen molar-refractivity contribution in [3.05, 3.63) is 18.2 Å². The summed E-state index contributed by atoms with van der Waals surface area (Å²) >= 11 is 0. The minimum Gasteiger partial charge on any atom is -0.469 e. The first-order chi connectivity index (χ1) is 12.6. The first-order valence-electron chi connectivity index (χ1n) is 9.70. The van der Waals surface area contributed by atoms with E-state index in [1.54, 1.807) is 0 Å². The Kier molecular flexibility index (Phi) is 4.51. The summed E-state index contributed by atoms with van der Waals surface area (Å²) in [6.07, 6.45) is 6.55. The number of anilines is 2. The smallest absolute Gasteiger partial charge is 0.308 e. The number of nitrogen functional groups attached to an aromatic ring is 1. The number of ether oxygens (including phenoxy) is 1.